The van der Waals surface area contributed by atoms with Crippen LogP contribution in [0.25, 0.3) is 0 Å². The molecule has 0 aliphatic rings. The van der Waals surface area contributed by atoms with E-state index in [1.165, 1.54) is 4.90 Å². The largest absolute Gasteiger partial charge is 0.405 e. The first kappa shape index (κ1) is 15.5. The number of nitrogens with zero attached hydrogens (tertiary/aromatic N) is 3. The van der Waals surface area contributed by atoms with Crippen molar-refractivity contribution in [3.8, 4) is 0 Å². The molecule has 0 aliphatic heterocycles. The van der Waals surface area contributed by atoms with E-state index < -0.39 is 12.7 Å². The van der Waals surface area contributed by atoms with Gasteiger partial charge in [0.15, 0.2) is 0 Å². The van der Waals surface area contributed by atoms with E-state index in [0.29, 0.717) is 37.0 Å². The molecule has 0 atom stereocenters. The van der Waals surface area contributed by atoms with Crippen molar-refractivity contribution in [2.24, 2.45) is 0 Å². The predicted octanol–water partition coefficient (Wildman–Crippen LogP) is 3.00. The lowest BCUT2D eigenvalue weighted by molar-refractivity contribution is -0.119. The molecule has 0 radical (unpaired) electrons. The molecule has 19 heavy (non-hydrogen) atoms. The second kappa shape index (κ2) is 6.58. The van der Waals surface area contributed by atoms with Crippen LogP contribution in [-0.4, -0.2) is 35.8 Å². The number of rotatable bonds is 6. The zero-order valence-electron chi connectivity index (χ0n) is 11.4. The molecule has 1 aromatic rings. The van der Waals surface area contributed by atoms with Gasteiger partial charge in [0.1, 0.15) is 24.0 Å². The number of aromatic nitrogens is 2. The number of halogens is 3. The van der Waals surface area contributed by atoms with E-state index in [1.54, 1.807) is 13.0 Å². The van der Waals surface area contributed by atoms with Crippen LogP contribution in [0.4, 0.5) is 24.8 Å². The minimum Gasteiger partial charge on any atom is -0.370 e. The lowest BCUT2D eigenvalue weighted by Gasteiger charge is -2.25. The third kappa shape index (κ3) is 5.32. The van der Waals surface area contributed by atoms with E-state index in [2.05, 4.69) is 15.3 Å². The Balaban J connectivity index is 3.00. The van der Waals surface area contributed by atoms with E-state index in [-0.39, 0.29) is 0 Å². The van der Waals surface area contributed by atoms with E-state index in [1.807, 2.05) is 13.8 Å². The topological polar surface area (TPSA) is 41.0 Å². The van der Waals surface area contributed by atoms with Crippen molar-refractivity contribution in [2.45, 2.75) is 33.4 Å². The highest BCUT2D eigenvalue weighted by atomic mass is 19.4. The number of nitrogens with one attached hydrogen (secondary N) is 1. The molecule has 4 nitrogen and oxygen atoms in total. The summed E-state index contributed by atoms with van der Waals surface area (Å²) in [6.45, 7) is 5.37. The fourth-order valence-corrected chi connectivity index (χ4v) is 1.75. The first-order valence-electron chi connectivity index (χ1n) is 6.27. The average molecular weight is 276 g/mol. The fourth-order valence-electron chi connectivity index (χ4n) is 1.75. The van der Waals surface area contributed by atoms with Gasteiger partial charge in [-0.15, -0.1) is 0 Å². The van der Waals surface area contributed by atoms with E-state index in [4.69, 9.17) is 0 Å². The van der Waals surface area contributed by atoms with Crippen LogP contribution < -0.4 is 10.2 Å². The molecule has 1 aromatic heterocycles. The smallest absolute Gasteiger partial charge is 0.370 e. The summed E-state index contributed by atoms with van der Waals surface area (Å²) >= 11 is 0. The monoisotopic (exact) mass is 276 g/mol. The standard InChI is InChI=1S/C12H19F3N4/c1-4-6-19(8-12(13,14)15)11-7-10(16-5-2)17-9(3)18-11/h7H,4-6,8H2,1-3H3,(H,16,17,18). The van der Waals surface area contributed by atoms with Gasteiger partial charge >= 0.3 is 6.18 Å². The van der Waals surface area contributed by atoms with Gasteiger partial charge in [0.2, 0.25) is 0 Å². The lowest BCUT2D eigenvalue weighted by atomic mass is 10.3. The Morgan fingerprint density at radius 2 is 1.95 bits per heavy atom. The molecule has 108 valence electrons. The second-order valence-electron chi connectivity index (χ2n) is 4.23. The number of hydrogen-bond acceptors (Lipinski definition) is 4. The van der Waals surface area contributed by atoms with Gasteiger partial charge in [-0.1, -0.05) is 6.92 Å². The van der Waals surface area contributed by atoms with Crippen molar-refractivity contribution < 1.29 is 13.2 Å². The molecule has 0 aliphatic carbocycles. The average Bonchev–Trinajstić information content (AvgIpc) is 2.26. The van der Waals surface area contributed by atoms with Gasteiger partial charge in [0, 0.05) is 19.2 Å². The van der Waals surface area contributed by atoms with Crippen molar-refractivity contribution in [1.29, 1.82) is 0 Å². The van der Waals surface area contributed by atoms with Gasteiger partial charge < -0.3 is 10.2 Å². The van der Waals surface area contributed by atoms with Crippen molar-refractivity contribution in [3.63, 3.8) is 0 Å². The van der Waals surface area contributed by atoms with Gasteiger partial charge in [-0.25, -0.2) is 9.97 Å². The molecular formula is C12H19F3N4. The maximum absolute atomic E-state index is 12.6. The number of aryl methyl sites for hydroxylation is 1. The number of hydrogen-bond donors (Lipinski definition) is 1. The van der Waals surface area contributed by atoms with Gasteiger partial charge in [0.25, 0.3) is 0 Å². The van der Waals surface area contributed by atoms with Crippen LogP contribution in [0.5, 0.6) is 0 Å². The van der Waals surface area contributed by atoms with Crippen LogP contribution in [0, 0.1) is 6.92 Å². The van der Waals surface area contributed by atoms with Crippen molar-refractivity contribution in [1.82, 2.24) is 9.97 Å². The predicted molar refractivity (Wildman–Crippen MR) is 69.5 cm³/mol. The van der Waals surface area contributed by atoms with E-state index >= 15 is 0 Å². The molecule has 1 heterocycles. The summed E-state index contributed by atoms with van der Waals surface area (Å²) in [6.07, 6.45) is -3.62. The zero-order chi connectivity index (χ0) is 14.5. The zero-order valence-corrected chi connectivity index (χ0v) is 11.4. The highest BCUT2D eigenvalue weighted by molar-refractivity contribution is 5.49. The Kier molecular flexibility index (Phi) is 5.38. The molecule has 0 saturated heterocycles. The fraction of sp³-hybridized carbons (Fsp3) is 0.667. The highest BCUT2D eigenvalue weighted by Gasteiger charge is 2.31. The van der Waals surface area contributed by atoms with E-state index in [9.17, 15) is 13.2 Å². The lowest BCUT2D eigenvalue weighted by Crippen LogP contribution is -2.35. The molecule has 1 N–H and O–H groups in total. The van der Waals surface area contributed by atoms with Gasteiger partial charge in [-0.2, -0.15) is 13.2 Å². The molecule has 0 fully saturated rings. The van der Waals surface area contributed by atoms with Gasteiger partial charge in [-0.05, 0) is 20.3 Å². The minimum absolute atomic E-state index is 0.307. The Morgan fingerprint density at radius 3 is 2.47 bits per heavy atom. The van der Waals surface area contributed by atoms with Gasteiger partial charge in [0.05, 0.1) is 0 Å². The van der Waals surface area contributed by atoms with Crippen molar-refractivity contribution in [3.05, 3.63) is 11.9 Å². The summed E-state index contributed by atoms with van der Waals surface area (Å²) in [6, 6.07) is 1.55. The quantitative estimate of drug-likeness (QED) is 0.867. The summed E-state index contributed by atoms with van der Waals surface area (Å²) in [5.41, 5.74) is 0. The first-order valence-corrected chi connectivity index (χ1v) is 6.27. The molecule has 0 spiro atoms. The third-order valence-corrected chi connectivity index (χ3v) is 2.37. The van der Waals surface area contributed by atoms with E-state index in [0.717, 1.165) is 0 Å². The number of anilines is 2. The maximum Gasteiger partial charge on any atom is 0.405 e. The molecule has 0 bridgehead atoms. The number of alkyl halides is 3. The summed E-state index contributed by atoms with van der Waals surface area (Å²) in [4.78, 5) is 9.46. The normalized spacial score (nSPS) is 11.5. The Labute approximate surface area is 111 Å². The van der Waals surface area contributed by atoms with Gasteiger partial charge in [-0.3, -0.25) is 0 Å². The molecule has 0 saturated carbocycles. The maximum atomic E-state index is 12.6. The summed E-state index contributed by atoms with van der Waals surface area (Å²) in [5.74, 6) is 1.31. The summed E-state index contributed by atoms with van der Waals surface area (Å²) in [7, 11) is 0. The van der Waals surface area contributed by atoms with Crippen LogP contribution in [0.3, 0.4) is 0 Å². The van der Waals surface area contributed by atoms with Crippen LogP contribution in [-0.2, 0) is 0 Å². The summed E-state index contributed by atoms with van der Waals surface area (Å²) < 4.78 is 37.7. The Morgan fingerprint density at radius 1 is 1.26 bits per heavy atom. The highest BCUT2D eigenvalue weighted by Crippen LogP contribution is 2.22. The minimum atomic E-state index is -4.24. The van der Waals surface area contributed by atoms with Crippen LogP contribution >= 0.6 is 0 Å². The van der Waals surface area contributed by atoms with Crippen LogP contribution in [0.15, 0.2) is 6.07 Å². The van der Waals surface area contributed by atoms with Crippen molar-refractivity contribution >= 4 is 11.6 Å². The molecule has 0 aromatic carbocycles. The van der Waals surface area contributed by atoms with Crippen LogP contribution in [0.2, 0.25) is 0 Å². The molecular weight excluding hydrogens is 257 g/mol. The molecule has 0 amide bonds. The first-order chi connectivity index (χ1) is 8.85. The molecule has 1 rings (SSSR count). The third-order valence-electron chi connectivity index (χ3n) is 2.37. The van der Waals surface area contributed by atoms with Crippen molar-refractivity contribution in [2.75, 3.05) is 29.9 Å². The molecule has 0 unspecified atom stereocenters. The Bertz CT molecular complexity index is 406. The Hall–Kier alpha value is -1.53. The van der Waals surface area contributed by atoms with Crippen LogP contribution in [0.1, 0.15) is 26.1 Å². The molecule has 7 heteroatoms. The second-order valence-corrected chi connectivity index (χ2v) is 4.23. The summed E-state index contributed by atoms with van der Waals surface area (Å²) in [5, 5.41) is 2.99. The SMILES string of the molecule is CCCN(CC(F)(F)F)c1cc(NCC)nc(C)n1.